The SMILES string of the molecule is OC(c1ccc(Cl)cc1Cl)c1cncc2ccccc12. The molecular formula is C16H11Cl2NO. The van der Waals surface area contributed by atoms with Gasteiger partial charge >= 0.3 is 0 Å². The van der Waals surface area contributed by atoms with Gasteiger partial charge in [0.2, 0.25) is 0 Å². The van der Waals surface area contributed by atoms with E-state index in [9.17, 15) is 5.11 Å². The topological polar surface area (TPSA) is 33.1 Å². The zero-order valence-electron chi connectivity index (χ0n) is 10.4. The highest BCUT2D eigenvalue weighted by Crippen LogP contribution is 2.33. The number of pyridine rings is 1. The number of benzene rings is 2. The smallest absolute Gasteiger partial charge is 0.108 e. The second kappa shape index (κ2) is 5.41. The van der Waals surface area contributed by atoms with Crippen LogP contribution in [0.1, 0.15) is 17.2 Å². The Balaban J connectivity index is 2.15. The van der Waals surface area contributed by atoms with Gasteiger partial charge in [0.05, 0.1) is 0 Å². The largest absolute Gasteiger partial charge is 0.384 e. The van der Waals surface area contributed by atoms with Gasteiger partial charge in [-0.2, -0.15) is 0 Å². The third-order valence-corrected chi connectivity index (χ3v) is 3.81. The fraction of sp³-hybridized carbons (Fsp3) is 0.0625. The molecule has 0 radical (unpaired) electrons. The molecule has 0 bridgehead atoms. The Bertz CT molecular complexity index is 768. The first-order valence-corrected chi connectivity index (χ1v) is 6.88. The molecule has 1 aromatic heterocycles. The van der Waals surface area contributed by atoms with Crippen molar-refractivity contribution in [3.8, 4) is 0 Å². The van der Waals surface area contributed by atoms with Crippen molar-refractivity contribution >= 4 is 34.0 Å². The standard InChI is InChI=1S/C16H11Cl2NO/c17-11-5-6-13(15(18)7-11)16(20)14-9-19-8-10-3-1-2-4-12(10)14/h1-9,16,20H. The molecule has 2 nitrogen and oxygen atoms in total. The van der Waals surface area contributed by atoms with E-state index < -0.39 is 6.10 Å². The van der Waals surface area contributed by atoms with Crippen LogP contribution < -0.4 is 0 Å². The molecule has 4 heteroatoms. The van der Waals surface area contributed by atoms with Gasteiger partial charge in [0.25, 0.3) is 0 Å². The summed E-state index contributed by atoms with van der Waals surface area (Å²) in [6.07, 6.45) is 2.60. The van der Waals surface area contributed by atoms with Crippen molar-refractivity contribution in [3.63, 3.8) is 0 Å². The van der Waals surface area contributed by atoms with Crippen molar-refractivity contribution in [2.75, 3.05) is 0 Å². The van der Waals surface area contributed by atoms with Crippen LogP contribution in [0.5, 0.6) is 0 Å². The van der Waals surface area contributed by atoms with Gasteiger partial charge in [0, 0.05) is 39.0 Å². The van der Waals surface area contributed by atoms with Crippen LogP contribution in [0.2, 0.25) is 10.0 Å². The predicted octanol–water partition coefficient (Wildman–Crippen LogP) is 4.62. The molecule has 0 amide bonds. The number of hydrogen-bond acceptors (Lipinski definition) is 2. The maximum atomic E-state index is 10.6. The number of halogens is 2. The molecule has 1 heterocycles. The van der Waals surface area contributed by atoms with Crippen molar-refractivity contribution in [1.29, 1.82) is 0 Å². The summed E-state index contributed by atoms with van der Waals surface area (Å²) in [6, 6.07) is 12.9. The van der Waals surface area contributed by atoms with Crippen LogP contribution in [0.3, 0.4) is 0 Å². The second-order valence-electron chi connectivity index (χ2n) is 4.52. The Hall–Kier alpha value is -1.61. The lowest BCUT2D eigenvalue weighted by Gasteiger charge is -2.15. The molecule has 2 aromatic carbocycles. The van der Waals surface area contributed by atoms with Gasteiger partial charge in [0.1, 0.15) is 6.10 Å². The maximum absolute atomic E-state index is 10.6. The van der Waals surface area contributed by atoms with Crippen molar-refractivity contribution < 1.29 is 5.11 Å². The molecular weight excluding hydrogens is 293 g/mol. The third-order valence-electron chi connectivity index (χ3n) is 3.25. The Kier molecular flexibility index (Phi) is 3.62. The minimum Gasteiger partial charge on any atom is -0.384 e. The van der Waals surface area contributed by atoms with Gasteiger partial charge < -0.3 is 5.11 Å². The van der Waals surface area contributed by atoms with Crippen LogP contribution in [-0.2, 0) is 0 Å². The summed E-state index contributed by atoms with van der Waals surface area (Å²) in [6.45, 7) is 0. The summed E-state index contributed by atoms with van der Waals surface area (Å²) in [4.78, 5) is 4.18. The second-order valence-corrected chi connectivity index (χ2v) is 5.36. The van der Waals surface area contributed by atoms with Gasteiger partial charge in [-0.3, -0.25) is 4.98 Å². The molecule has 3 rings (SSSR count). The number of aliphatic hydroxyl groups excluding tert-OH is 1. The van der Waals surface area contributed by atoms with Crippen molar-refractivity contribution in [2.24, 2.45) is 0 Å². The first-order valence-electron chi connectivity index (χ1n) is 6.12. The highest BCUT2D eigenvalue weighted by Gasteiger charge is 2.16. The average Bonchev–Trinajstić information content (AvgIpc) is 2.46. The highest BCUT2D eigenvalue weighted by atomic mass is 35.5. The Morgan fingerprint density at radius 2 is 1.75 bits per heavy atom. The number of fused-ring (bicyclic) bond motifs is 1. The van der Waals surface area contributed by atoms with Gasteiger partial charge in [-0.15, -0.1) is 0 Å². The van der Waals surface area contributed by atoms with Crippen LogP contribution >= 0.6 is 23.2 Å². The molecule has 20 heavy (non-hydrogen) atoms. The first-order chi connectivity index (χ1) is 9.66. The predicted molar refractivity (Wildman–Crippen MR) is 82.3 cm³/mol. The summed E-state index contributed by atoms with van der Waals surface area (Å²) < 4.78 is 0. The molecule has 1 atom stereocenters. The normalized spacial score (nSPS) is 12.6. The molecule has 3 aromatic rings. The van der Waals surface area contributed by atoms with Crippen molar-refractivity contribution in [2.45, 2.75) is 6.10 Å². The van der Waals surface area contributed by atoms with E-state index >= 15 is 0 Å². The summed E-state index contributed by atoms with van der Waals surface area (Å²) in [7, 11) is 0. The molecule has 0 aliphatic carbocycles. The van der Waals surface area contributed by atoms with Crippen LogP contribution in [0.25, 0.3) is 10.8 Å². The first kappa shape index (κ1) is 13.4. The van der Waals surface area contributed by atoms with E-state index in [1.54, 1.807) is 30.6 Å². The molecule has 0 aliphatic rings. The molecule has 1 unspecified atom stereocenters. The number of aliphatic hydroxyl groups is 1. The zero-order valence-corrected chi connectivity index (χ0v) is 11.9. The fourth-order valence-electron chi connectivity index (χ4n) is 2.25. The van der Waals surface area contributed by atoms with Gasteiger partial charge in [0.15, 0.2) is 0 Å². The quantitative estimate of drug-likeness (QED) is 0.749. The zero-order chi connectivity index (χ0) is 14.1. The highest BCUT2D eigenvalue weighted by molar-refractivity contribution is 6.35. The summed E-state index contributed by atoms with van der Waals surface area (Å²) in [5, 5.41) is 13.5. The van der Waals surface area contributed by atoms with E-state index in [-0.39, 0.29) is 0 Å². The van der Waals surface area contributed by atoms with E-state index in [2.05, 4.69) is 4.98 Å². The lowest BCUT2D eigenvalue weighted by molar-refractivity contribution is 0.221. The van der Waals surface area contributed by atoms with Crippen LogP contribution in [0, 0.1) is 0 Å². The van der Waals surface area contributed by atoms with Crippen LogP contribution in [0.15, 0.2) is 54.9 Å². The number of aromatic nitrogens is 1. The van der Waals surface area contributed by atoms with Crippen LogP contribution in [-0.4, -0.2) is 10.1 Å². The number of rotatable bonds is 2. The molecule has 1 N–H and O–H groups in total. The lowest BCUT2D eigenvalue weighted by Crippen LogP contribution is -2.02. The van der Waals surface area contributed by atoms with E-state index in [0.29, 0.717) is 15.6 Å². The van der Waals surface area contributed by atoms with E-state index in [0.717, 1.165) is 16.3 Å². The van der Waals surface area contributed by atoms with Gasteiger partial charge in [-0.1, -0.05) is 53.5 Å². The van der Waals surface area contributed by atoms with Gasteiger partial charge in [-0.05, 0) is 17.5 Å². The Morgan fingerprint density at radius 3 is 2.55 bits per heavy atom. The maximum Gasteiger partial charge on any atom is 0.108 e. The van der Waals surface area contributed by atoms with Crippen molar-refractivity contribution in [3.05, 3.63) is 76.0 Å². The molecule has 0 fully saturated rings. The summed E-state index contributed by atoms with van der Waals surface area (Å²) in [5.41, 5.74) is 1.35. The Morgan fingerprint density at radius 1 is 0.950 bits per heavy atom. The van der Waals surface area contributed by atoms with Crippen LogP contribution in [0.4, 0.5) is 0 Å². The third kappa shape index (κ3) is 2.38. The molecule has 0 spiro atoms. The lowest BCUT2D eigenvalue weighted by atomic mass is 9.98. The molecule has 100 valence electrons. The molecule has 0 saturated carbocycles. The number of hydrogen-bond donors (Lipinski definition) is 1. The average molecular weight is 304 g/mol. The number of nitrogens with zero attached hydrogens (tertiary/aromatic N) is 1. The summed E-state index contributed by atoms with van der Waals surface area (Å²) >= 11 is 12.0. The Labute approximate surface area is 126 Å². The van der Waals surface area contributed by atoms with E-state index in [4.69, 9.17) is 23.2 Å². The molecule has 0 aliphatic heterocycles. The monoisotopic (exact) mass is 303 g/mol. The van der Waals surface area contributed by atoms with E-state index in [1.165, 1.54) is 0 Å². The minimum absolute atomic E-state index is 0.443. The van der Waals surface area contributed by atoms with Gasteiger partial charge in [-0.25, -0.2) is 0 Å². The summed E-state index contributed by atoms with van der Waals surface area (Å²) in [5.74, 6) is 0. The fourth-order valence-corrected chi connectivity index (χ4v) is 2.76. The molecule has 0 saturated heterocycles. The van der Waals surface area contributed by atoms with Crippen molar-refractivity contribution in [1.82, 2.24) is 4.98 Å². The van der Waals surface area contributed by atoms with E-state index in [1.807, 2.05) is 24.3 Å². The minimum atomic E-state index is -0.835.